The average molecular weight is 540 g/mol. The molecule has 3 aromatic carbocycles. The van der Waals surface area contributed by atoms with Crippen molar-refractivity contribution >= 4 is 5.91 Å². The number of likely N-dealkylation sites (N-methyl/N-ethyl adjacent to an activating group) is 1. The molecule has 0 fully saturated rings. The van der Waals surface area contributed by atoms with Gasteiger partial charge in [0.25, 0.3) is 5.91 Å². The average Bonchev–Trinajstić information content (AvgIpc) is 2.91. The van der Waals surface area contributed by atoms with E-state index < -0.39 is 17.7 Å². The van der Waals surface area contributed by atoms with E-state index in [1.807, 2.05) is 36.4 Å². The highest BCUT2D eigenvalue weighted by Gasteiger charge is 2.14. The Balaban J connectivity index is 0.000000499. The summed E-state index contributed by atoms with van der Waals surface area (Å²) in [6, 6.07) is 21.5. The van der Waals surface area contributed by atoms with Crippen molar-refractivity contribution < 1.29 is 23.4 Å². The molecule has 39 heavy (non-hydrogen) atoms. The van der Waals surface area contributed by atoms with Crippen LogP contribution in [0, 0.1) is 18.6 Å². The number of nitrogens with one attached hydrogen (secondary N) is 3. The van der Waals surface area contributed by atoms with Gasteiger partial charge in [0.2, 0.25) is 0 Å². The molecule has 6 nitrogen and oxygen atoms in total. The number of rotatable bonds is 12. The molecule has 0 aliphatic rings. The van der Waals surface area contributed by atoms with Crippen LogP contribution in [0.2, 0.25) is 0 Å². The first-order valence-electron chi connectivity index (χ1n) is 12.9. The lowest BCUT2D eigenvalue weighted by atomic mass is 10.1. The summed E-state index contributed by atoms with van der Waals surface area (Å²) in [4.78, 5) is 12.5. The number of hydrogen-bond donors (Lipinski definition) is 4. The Morgan fingerprint density at radius 2 is 1.56 bits per heavy atom. The van der Waals surface area contributed by atoms with Crippen molar-refractivity contribution in [3.05, 3.63) is 118 Å². The van der Waals surface area contributed by atoms with E-state index in [4.69, 9.17) is 4.74 Å². The van der Waals surface area contributed by atoms with Crippen LogP contribution < -0.4 is 16.0 Å². The summed E-state index contributed by atoms with van der Waals surface area (Å²) >= 11 is 0. The molecule has 4 N–H and O–H groups in total. The number of allylic oxidation sites excluding steroid dienone is 1. The first kappa shape index (κ1) is 31.5. The molecule has 1 unspecified atom stereocenters. The van der Waals surface area contributed by atoms with Crippen LogP contribution in [-0.4, -0.2) is 37.3 Å². The number of carbonyl (C=O) groups is 1. The lowest BCUT2D eigenvalue weighted by Crippen LogP contribution is -2.40. The van der Waals surface area contributed by atoms with Gasteiger partial charge in [-0.3, -0.25) is 4.79 Å². The second-order valence-corrected chi connectivity index (χ2v) is 9.07. The molecular weight excluding hydrogens is 500 g/mol. The van der Waals surface area contributed by atoms with Crippen LogP contribution in [-0.2, 0) is 29.1 Å². The van der Waals surface area contributed by atoms with Gasteiger partial charge in [0.05, 0.1) is 6.10 Å². The van der Waals surface area contributed by atoms with Crippen molar-refractivity contribution in [2.24, 2.45) is 0 Å². The third kappa shape index (κ3) is 12.1. The van der Waals surface area contributed by atoms with Crippen molar-refractivity contribution in [3.63, 3.8) is 0 Å². The summed E-state index contributed by atoms with van der Waals surface area (Å²) in [5.41, 5.74) is 4.45. The summed E-state index contributed by atoms with van der Waals surface area (Å²) in [6.07, 6.45) is 0.310. The largest absolute Gasteiger partial charge is 0.491 e. The Bertz CT molecular complexity index is 1150. The minimum atomic E-state index is -0.688. The van der Waals surface area contributed by atoms with E-state index >= 15 is 0 Å². The van der Waals surface area contributed by atoms with Gasteiger partial charge in [-0.25, -0.2) is 8.78 Å². The molecule has 1 amide bonds. The standard InChI is InChI=1S/C24H33N3O3.C7H6F2/c1-4-19-11-8-12-21(13-19)14-26-15-22(28)16-27-24(29)23(25-3)18(2)30-17-20-9-6-5-7-10-20;1-5-2-6(8)4-7(9)3-5/h5-13,22,25-26,28H,4,14-17H2,1-3H3,(H,27,29);2-4H,1H3/b23-18-;. The molecule has 0 saturated carbocycles. The highest BCUT2D eigenvalue weighted by molar-refractivity contribution is 5.93. The van der Waals surface area contributed by atoms with Crippen LogP contribution in [0.4, 0.5) is 8.78 Å². The number of hydrogen-bond acceptors (Lipinski definition) is 5. The maximum absolute atomic E-state index is 12.5. The Morgan fingerprint density at radius 1 is 0.923 bits per heavy atom. The molecule has 0 radical (unpaired) electrons. The third-order valence-corrected chi connectivity index (χ3v) is 5.74. The minimum absolute atomic E-state index is 0.151. The van der Waals surface area contributed by atoms with Gasteiger partial charge < -0.3 is 25.8 Å². The molecule has 0 saturated heterocycles. The van der Waals surface area contributed by atoms with Gasteiger partial charge in [-0.05, 0) is 54.7 Å². The third-order valence-electron chi connectivity index (χ3n) is 5.74. The van der Waals surface area contributed by atoms with Crippen LogP contribution in [0.1, 0.15) is 36.1 Å². The van der Waals surface area contributed by atoms with E-state index in [1.54, 1.807) is 20.9 Å². The van der Waals surface area contributed by atoms with Crippen molar-refractivity contribution in [3.8, 4) is 0 Å². The predicted molar refractivity (Wildman–Crippen MR) is 151 cm³/mol. The SMILES string of the molecule is CCc1cccc(CNCC(O)CNC(=O)/C(NC)=C(\C)OCc2ccccc2)c1.Cc1cc(F)cc(F)c1. The van der Waals surface area contributed by atoms with Crippen LogP contribution in [0.3, 0.4) is 0 Å². The number of aliphatic hydroxyl groups is 1. The molecule has 0 heterocycles. The highest BCUT2D eigenvalue weighted by Crippen LogP contribution is 2.09. The van der Waals surface area contributed by atoms with Crippen LogP contribution in [0.25, 0.3) is 0 Å². The van der Waals surface area contributed by atoms with Crippen molar-refractivity contribution in [1.82, 2.24) is 16.0 Å². The van der Waals surface area contributed by atoms with E-state index in [0.717, 1.165) is 18.1 Å². The molecule has 0 aromatic heterocycles. The van der Waals surface area contributed by atoms with Crippen molar-refractivity contribution in [2.75, 3.05) is 20.1 Å². The fraction of sp³-hybridized carbons (Fsp3) is 0.323. The topological polar surface area (TPSA) is 82.6 Å². The van der Waals surface area contributed by atoms with Gasteiger partial charge in [-0.2, -0.15) is 0 Å². The van der Waals surface area contributed by atoms with E-state index in [9.17, 15) is 18.7 Å². The number of amides is 1. The summed E-state index contributed by atoms with van der Waals surface area (Å²) < 4.78 is 30.1. The van der Waals surface area contributed by atoms with Crippen LogP contribution in [0.15, 0.2) is 84.3 Å². The molecule has 1 atom stereocenters. The quantitative estimate of drug-likeness (QED) is 0.197. The summed E-state index contributed by atoms with van der Waals surface area (Å²) in [5, 5.41) is 19.0. The zero-order valence-electron chi connectivity index (χ0n) is 23.1. The molecule has 210 valence electrons. The van der Waals surface area contributed by atoms with Gasteiger partial charge in [0, 0.05) is 32.7 Å². The van der Waals surface area contributed by atoms with Gasteiger partial charge >= 0.3 is 0 Å². The number of carbonyl (C=O) groups excluding carboxylic acids is 1. The van der Waals surface area contributed by atoms with Gasteiger partial charge in [0.1, 0.15) is 29.7 Å². The monoisotopic (exact) mass is 539 g/mol. The number of aliphatic hydroxyl groups excluding tert-OH is 1. The lowest BCUT2D eigenvalue weighted by molar-refractivity contribution is -0.118. The summed E-state index contributed by atoms with van der Waals surface area (Å²) in [5.74, 6) is -0.847. The number of halogens is 2. The number of aryl methyl sites for hydroxylation is 2. The van der Waals surface area contributed by atoms with E-state index in [0.29, 0.717) is 36.7 Å². The van der Waals surface area contributed by atoms with Crippen LogP contribution >= 0.6 is 0 Å². The van der Waals surface area contributed by atoms with Gasteiger partial charge in [0.15, 0.2) is 0 Å². The first-order valence-corrected chi connectivity index (χ1v) is 12.9. The Hall–Kier alpha value is -3.75. The fourth-order valence-electron chi connectivity index (χ4n) is 3.69. The zero-order chi connectivity index (χ0) is 28.6. The molecule has 3 aromatic rings. The zero-order valence-corrected chi connectivity index (χ0v) is 23.1. The number of benzene rings is 3. The molecule has 3 rings (SSSR count). The summed E-state index contributed by atoms with van der Waals surface area (Å²) in [6.45, 7) is 7.12. The van der Waals surface area contributed by atoms with Crippen LogP contribution in [0.5, 0.6) is 0 Å². The van der Waals surface area contributed by atoms with E-state index in [-0.39, 0.29) is 12.5 Å². The predicted octanol–water partition coefficient (Wildman–Crippen LogP) is 4.76. The maximum atomic E-state index is 12.5. The fourth-order valence-corrected chi connectivity index (χ4v) is 3.69. The normalized spacial score (nSPS) is 12.0. The maximum Gasteiger partial charge on any atom is 0.270 e. The Morgan fingerprint density at radius 3 is 2.18 bits per heavy atom. The lowest BCUT2D eigenvalue weighted by Gasteiger charge is -2.16. The smallest absolute Gasteiger partial charge is 0.270 e. The van der Waals surface area contributed by atoms with E-state index in [2.05, 4.69) is 41.1 Å². The molecule has 0 bridgehead atoms. The van der Waals surface area contributed by atoms with Gasteiger partial charge in [-0.1, -0.05) is 61.5 Å². The second kappa shape index (κ2) is 17.0. The first-order chi connectivity index (χ1) is 18.7. The second-order valence-electron chi connectivity index (χ2n) is 9.07. The highest BCUT2D eigenvalue weighted by atomic mass is 19.1. The van der Waals surface area contributed by atoms with Crippen molar-refractivity contribution in [1.29, 1.82) is 0 Å². The molecule has 0 aliphatic carbocycles. The Labute approximate surface area is 230 Å². The molecule has 8 heteroatoms. The molecule has 0 spiro atoms. The number of ether oxygens (including phenoxy) is 1. The molecule has 0 aliphatic heterocycles. The summed E-state index contributed by atoms with van der Waals surface area (Å²) in [7, 11) is 1.67. The molecular formula is C31H39F2N3O3. The van der Waals surface area contributed by atoms with Crippen molar-refractivity contribution in [2.45, 2.75) is 46.4 Å². The van der Waals surface area contributed by atoms with Gasteiger partial charge in [-0.15, -0.1) is 0 Å². The van der Waals surface area contributed by atoms with E-state index in [1.165, 1.54) is 23.3 Å². The Kier molecular flexibility index (Phi) is 13.7. The minimum Gasteiger partial charge on any atom is -0.491 e.